The van der Waals surface area contributed by atoms with Crippen LogP contribution >= 0.6 is 0 Å². The number of hydrazone groups is 1. The number of aryl methyl sites for hydroxylation is 2. The molecule has 0 aromatic heterocycles. The van der Waals surface area contributed by atoms with E-state index in [1.807, 2.05) is 71.7 Å². The fraction of sp³-hybridized carbons (Fsp3) is 0.105. The molecular weight excluding hydrogens is 500 g/mol. The maximum Gasteiger partial charge on any atom is 0.196 e. The third-order valence-corrected chi connectivity index (χ3v) is 8.32. The molecular formula is C38H30N2O. The number of carbonyl (C=O) groups is 1. The maximum absolute atomic E-state index is 15.3. The second-order valence-corrected chi connectivity index (χ2v) is 11.0. The highest BCUT2D eigenvalue weighted by molar-refractivity contribution is 6.36. The lowest BCUT2D eigenvalue weighted by Crippen LogP contribution is -2.49. The van der Waals surface area contributed by atoms with Crippen molar-refractivity contribution < 1.29 is 4.79 Å². The Morgan fingerprint density at radius 3 is 1.95 bits per heavy atom. The minimum absolute atomic E-state index is 0.0587. The first kappa shape index (κ1) is 25.0. The Hall–Kier alpha value is -5.02. The number of Topliss-reactive ketones (excluding diaryl/α,β-unsaturated/α-hetero) is 1. The van der Waals surface area contributed by atoms with Gasteiger partial charge in [-0.2, -0.15) is 5.10 Å². The summed E-state index contributed by atoms with van der Waals surface area (Å²) in [6.45, 7) is 4.17. The predicted molar refractivity (Wildman–Crippen MR) is 168 cm³/mol. The molecule has 5 aromatic rings. The lowest BCUT2D eigenvalue weighted by Gasteiger charge is -2.38. The highest BCUT2D eigenvalue weighted by Crippen LogP contribution is 2.58. The number of para-hydroxylation sites is 1. The highest BCUT2D eigenvalue weighted by atomic mass is 16.1. The van der Waals surface area contributed by atoms with Gasteiger partial charge in [0.15, 0.2) is 11.3 Å². The second-order valence-electron chi connectivity index (χ2n) is 11.0. The molecule has 0 N–H and O–H groups in total. The van der Waals surface area contributed by atoms with Crippen LogP contribution in [-0.4, -0.2) is 11.5 Å². The lowest BCUT2D eigenvalue weighted by atomic mass is 9.71. The van der Waals surface area contributed by atoms with Gasteiger partial charge in [-0.15, -0.1) is 0 Å². The van der Waals surface area contributed by atoms with Crippen molar-refractivity contribution in [2.45, 2.75) is 25.3 Å². The molecule has 0 fully saturated rings. The molecule has 3 heteroatoms. The Morgan fingerprint density at radius 1 is 0.683 bits per heavy atom. The van der Waals surface area contributed by atoms with Crippen molar-refractivity contribution in [2.75, 3.05) is 5.01 Å². The summed E-state index contributed by atoms with van der Waals surface area (Å²) in [7, 11) is 0. The molecule has 2 atom stereocenters. The van der Waals surface area contributed by atoms with Gasteiger partial charge < -0.3 is 0 Å². The predicted octanol–water partition coefficient (Wildman–Crippen LogP) is 8.33. The molecule has 5 aromatic carbocycles. The number of rotatable bonds is 4. The molecule has 0 amide bonds. The van der Waals surface area contributed by atoms with Gasteiger partial charge in [0, 0.05) is 5.57 Å². The van der Waals surface area contributed by atoms with Gasteiger partial charge in [-0.05, 0) is 59.9 Å². The van der Waals surface area contributed by atoms with Gasteiger partial charge in [0.05, 0.1) is 17.3 Å². The van der Waals surface area contributed by atoms with Gasteiger partial charge in [0.25, 0.3) is 0 Å². The number of benzene rings is 5. The van der Waals surface area contributed by atoms with E-state index < -0.39 is 5.54 Å². The van der Waals surface area contributed by atoms with E-state index in [9.17, 15) is 0 Å². The Kier molecular flexibility index (Phi) is 6.01. The molecule has 0 unspecified atom stereocenters. The van der Waals surface area contributed by atoms with E-state index in [2.05, 4.69) is 86.6 Å². The molecule has 41 heavy (non-hydrogen) atoms. The standard InChI is InChI=1S/C38H30N2O/c1-26-17-21-28(22-18-26)25-33-32-15-9-10-16-34(32)38(37(33)41)35(29-23-19-27(2)20-24-29)36(30-11-5-3-6-12-30)39-40(38)31-13-7-4-8-14-31/h3-25,35H,1-2H3/b33-25+/t35-,38-/m0/s1. The van der Waals surface area contributed by atoms with Crippen molar-refractivity contribution in [3.8, 4) is 0 Å². The van der Waals surface area contributed by atoms with Crippen LogP contribution in [0.3, 0.4) is 0 Å². The maximum atomic E-state index is 15.3. The van der Waals surface area contributed by atoms with Crippen LogP contribution in [0.25, 0.3) is 11.6 Å². The first-order valence-corrected chi connectivity index (χ1v) is 14.1. The summed E-state index contributed by atoms with van der Waals surface area (Å²) in [4.78, 5) is 15.3. The summed E-state index contributed by atoms with van der Waals surface area (Å²) in [6, 6.07) is 45.6. The number of anilines is 1. The summed E-state index contributed by atoms with van der Waals surface area (Å²) in [5.41, 5.74) is 8.78. The van der Waals surface area contributed by atoms with Crippen LogP contribution in [0, 0.1) is 13.8 Å². The zero-order valence-corrected chi connectivity index (χ0v) is 23.2. The van der Waals surface area contributed by atoms with E-state index in [-0.39, 0.29) is 11.7 Å². The molecule has 3 nitrogen and oxygen atoms in total. The monoisotopic (exact) mass is 530 g/mol. The van der Waals surface area contributed by atoms with E-state index in [1.54, 1.807) is 0 Å². The van der Waals surface area contributed by atoms with Crippen LogP contribution in [0.2, 0.25) is 0 Å². The number of carbonyl (C=O) groups excluding carboxylic acids is 1. The van der Waals surface area contributed by atoms with Crippen molar-refractivity contribution in [1.82, 2.24) is 0 Å². The number of hydrogen-bond donors (Lipinski definition) is 0. The Bertz CT molecular complexity index is 1800. The normalized spacial score (nSPS) is 20.5. The highest BCUT2D eigenvalue weighted by Gasteiger charge is 2.63. The van der Waals surface area contributed by atoms with Crippen molar-refractivity contribution in [3.05, 3.63) is 172 Å². The van der Waals surface area contributed by atoms with Gasteiger partial charge in [0.1, 0.15) is 0 Å². The molecule has 1 aliphatic carbocycles. The molecule has 1 spiro atoms. The van der Waals surface area contributed by atoms with E-state index in [4.69, 9.17) is 5.10 Å². The van der Waals surface area contributed by atoms with Gasteiger partial charge in [0.2, 0.25) is 0 Å². The SMILES string of the molecule is Cc1ccc(/C=C2/C(=O)[C@]3(c4ccccc42)[C@@H](c2ccc(C)cc2)C(c2ccccc2)=NN3c2ccccc2)cc1. The molecule has 2 aliphatic rings. The van der Waals surface area contributed by atoms with E-state index in [1.165, 1.54) is 11.1 Å². The number of hydrogen-bond acceptors (Lipinski definition) is 3. The number of fused-ring (bicyclic) bond motifs is 2. The second kappa shape index (κ2) is 9.87. The summed E-state index contributed by atoms with van der Waals surface area (Å²) >= 11 is 0. The van der Waals surface area contributed by atoms with Crippen LogP contribution in [-0.2, 0) is 10.3 Å². The third-order valence-electron chi connectivity index (χ3n) is 8.32. The van der Waals surface area contributed by atoms with Crippen molar-refractivity contribution >= 4 is 28.8 Å². The van der Waals surface area contributed by atoms with E-state index in [0.29, 0.717) is 5.57 Å². The zero-order valence-electron chi connectivity index (χ0n) is 23.2. The molecule has 0 saturated carbocycles. The van der Waals surface area contributed by atoms with Crippen molar-refractivity contribution in [1.29, 1.82) is 0 Å². The van der Waals surface area contributed by atoms with Crippen LogP contribution < -0.4 is 5.01 Å². The first-order valence-electron chi connectivity index (χ1n) is 14.1. The number of nitrogens with zero attached hydrogens (tertiary/aromatic N) is 2. The third kappa shape index (κ3) is 3.96. The minimum atomic E-state index is -1.09. The van der Waals surface area contributed by atoms with Crippen LogP contribution in [0.4, 0.5) is 5.69 Å². The first-order chi connectivity index (χ1) is 20.1. The van der Waals surface area contributed by atoms with Crippen molar-refractivity contribution in [3.63, 3.8) is 0 Å². The largest absolute Gasteiger partial charge is 0.291 e. The molecule has 198 valence electrons. The van der Waals surface area contributed by atoms with Crippen molar-refractivity contribution in [2.24, 2.45) is 5.10 Å². The van der Waals surface area contributed by atoms with Gasteiger partial charge >= 0.3 is 0 Å². The lowest BCUT2D eigenvalue weighted by molar-refractivity contribution is -0.118. The van der Waals surface area contributed by atoms with Gasteiger partial charge in [-0.25, -0.2) is 5.01 Å². The Balaban J connectivity index is 1.55. The smallest absolute Gasteiger partial charge is 0.196 e. The average Bonchev–Trinajstić information content (AvgIpc) is 3.49. The molecule has 0 saturated heterocycles. The fourth-order valence-corrected chi connectivity index (χ4v) is 6.36. The molecule has 1 heterocycles. The summed E-state index contributed by atoms with van der Waals surface area (Å²) < 4.78 is 0. The van der Waals surface area contributed by atoms with Gasteiger partial charge in [-0.3, -0.25) is 4.79 Å². The average molecular weight is 531 g/mol. The Labute approximate surface area is 241 Å². The van der Waals surface area contributed by atoms with Gasteiger partial charge in [-0.1, -0.05) is 132 Å². The topological polar surface area (TPSA) is 32.7 Å². The molecule has 7 rings (SSSR count). The fourth-order valence-electron chi connectivity index (χ4n) is 6.36. The minimum Gasteiger partial charge on any atom is -0.291 e. The summed E-state index contributed by atoms with van der Waals surface area (Å²) in [5, 5.41) is 7.35. The Morgan fingerprint density at radius 2 is 1.27 bits per heavy atom. The molecule has 1 aliphatic heterocycles. The summed E-state index contributed by atoms with van der Waals surface area (Å²) in [6.07, 6.45) is 2.05. The van der Waals surface area contributed by atoms with Crippen LogP contribution in [0.5, 0.6) is 0 Å². The van der Waals surface area contributed by atoms with Crippen LogP contribution in [0.15, 0.2) is 139 Å². The molecule has 0 radical (unpaired) electrons. The van der Waals surface area contributed by atoms with Crippen LogP contribution in [0.1, 0.15) is 44.9 Å². The zero-order chi connectivity index (χ0) is 28.0. The summed E-state index contributed by atoms with van der Waals surface area (Å²) in [5.74, 6) is -0.272. The number of ketones is 1. The quantitative estimate of drug-likeness (QED) is 0.219. The van der Waals surface area contributed by atoms with E-state index >= 15 is 4.79 Å². The van der Waals surface area contributed by atoms with E-state index in [0.717, 1.165) is 39.2 Å². The molecule has 0 bridgehead atoms.